The van der Waals surface area contributed by atoms with Crippen LogP contribution in [0.15, 0.2) is 182 Å². The number of ether oxygens (including phenoxy) is 10. The van der Waals surface area contributed by atoms with Crippen LogP contribution in [0.1, 0.15) is 52.1 Å². The average molecular weight is 990 g/mol. The van der Waals surface area contributed by atoms with E-state index < -0.39 is 80.1 Å². The summed E-state index contributed by atoms with van der Waals surface area (Å²) in [5.41, 5.74) is 4.53. The van der Waals surface area contributed by atoms with E-state index in [4.69, 9.17) is 47.4 Å². The molecule has 14 nitrogen and oxygen atoms in total. The number of fused-ring (bicyclic) bond motifs is 3. The zero-order chi connectivity index (χ0) is 49.7. The van der Waals surface area contributed by atoms with Crippen LogP contribution in [0.25, 0.3) is 10.8 Å². The molecule has 14 heteroatoms. The SMILES string of the molecule is COc1ccc(O[C@@H]2O[C@H](COCc3ccccc3)[C@@H](O[C@@H]3O[C@@H]4COC(c5ccccc5)O[C@H]4[C@H](OCc4ccc5ccccc5c4)[C@@H]3O)[C@H](OCc3ccccc3)[C@H]2N2C(O)c3ccccc3C2O)cc1. The Labute approximate surface area is 424 Å². The maximum Gasteiger partial charge on any atom is 0.218 e. The van der Waals surface area contributed by atoms with E-state index in [1.807, 2.05) is 127 Å². The highest BCUT2D eigenvalue weighted by Gasteiger charge is 2.58. The van der Waals surface area contributed by atoms with E-state index in [-0.39, 0.29) is 33.0 Å². The molecule has 0 bridgehead atoms. The monoisotopic (exact) mass is 989 g/mol. The summed E-state index contributed by atoms with van der Waals surface area (Å²) in [5, 5.41) is 39.5. The van der Waals surface area contributed by atoms with Crippen LogP contribution < -0.4 is 9.47 Å². The van der Waals surface area contributed by atoms with E-state index in [0.717, 1.165) is 33.0 Å². The van der Waals surface area contributed by atoms with Crippen molar-refractivity contribution in [2.75, 3.05) is 20.3 Å². The van der Waals surface area contributed by atoms with Gasteiger partial charge in [0.2, 0.25) is 6.29 Å². The number of hydrogen-bond acceptors (Lipinski definition) is 14. The minimum atomic E-state index is -1.43. The topological polar surface area (TPSA) is 156 Å². The van der Waals surface area contributed by atoms with E-state index >= 15 is 0 Å². The van der Waals surface area contributed by atoms with Gasteiger partial charge in [-0.1, -0.05) is 152 Å². The first-order valence-corrected chi connectivity index (χ1v) is 24.7. The van der Waals surface area contributed by atoms with Crippen LogP contribution >= 0.6 is 0 Å². The summed E-state index contributed by atoms with van der Waals surface area (Å²) < 4.78 is 66.5. The number of aliphatic hydroxyl groups excluding tert-OH is 3. The minimum absolute atomic E-state index is 0.0347. The normalized spacial score (nSPS) is 29.1. The molecule has 3 N–H and O–H groups in total. The van der Waals surface area contributed by atoms with E-state index in [0.29, 0.717) is 22.6 Å². The number of aliphatic hydroxyl groups is 3. The predicted molar refractivity (Wildman–Crippen MR) is 267 cm³/mol. The van der Waals surface area contributed by atoms with Crippen LogP contribution in [-0.2, 0) is 57.7 Å². The summed E-state index contributed by atoms with van der Waals surface area (Å²) in [6.45, 7) is 0.527. The Morgan fingerprint density at radius 3 is 1.85 bits per heavy atom. The largest absolute Gasteiger partial charge is 0.497 e. The summed E-state index contributed by atoms with van der Waals surface area (Å²) in [6.07, 6.45) is -13.1. The van der Waals surface area contributed by atoms with Gasteiger partial charge in [-0.15, -0.1) is 0 Å². The second kappa shape index (κ2) is 22.6. The Kier molecular flexibility index (Phi) is 15.2. The van der Waals surface area contributed by atoms with Gasteiger partial charge in [0, 0.05) is 16.7 Å². The summed E-state index contributed by atoms with van der Waals surface area (Å²) in [4.78, 5) is 1.53. The Morgan fingerprint density at radius 2 is 1.15 bits per heavy atom. The Bertz CT molecular complexity index is 2830. The van der Waals surface area contributed by atoms with Crippen molar-refractivity contribution in [3.05, 3.63) is 215 Å². The molecule has 4 aliphatic rings. The molecule has 0 radical (unpaired) electrons. The first-order valence-electron chi connectivity index (χ1n) is 24.7. The molecule has 0 amide bonds. The average Bonchev–Trinajstić information content (AvgIpc) is 3.69. The van der Waals surface area contributed by atoms with Gasteiger partial charge in [-0.25, -0.2) is 4.90 Å². The third kappa shape index (κ3) is 10.8. The van der Waals surface area contributed by atoms with Gasteiger partial charge in [-0.2, -0.15) is 0 Å². The summed E-state index contributed by atoms with van der Waals surface area (Å²) in [5.74, 6) is 1.05. The zero-order valence-electron chi connectivity index (χ0n) is 40.2. The molecule has 13 atom stereocenters. The molecule has 7 aromatic carbocycles. The van der Waals surface area contributed by atoms with Crippen molar-refractivity contribution in [3.63, 3.8) is 0 Å². The van der Waals surface area contributed by atoms with Gasteiger partial charge in [0.25, 0.3) is 0 Å². The molecule has 0 aromatic heterocycles. The highest BCUT2D eigenvalue weighted by Crippen LogP contribution is 2.46. The third-order valence-electron chi connectivity index (χ3n) is 14.0. The van der Waals surface area contributed by atoms with E-state index in [9.17, 15) is 15.3 Å². The van der Waals surface area contributed by atoms with Crippen molar-refractivity contribution in [2.24, 2.45) is 0 Å². The van der Waals surface area contributed by atoms with Crippen LogP contribution in [0, 0.1) is 0 Å². The lowest BCUT2D eigenvalue weighted by Gasteiger charge is -2.52. The third-order valence-corrected chi connectivity index (χ3v) is 14.0. The highest BCUT2D eigenvalue weighted by molar-refractivity contribution is 5.82. The highest BCUT2D eigenvalue weighted by atomic mass is 16.8. The molecule has 73 heavy (non-hydrogen) atoms. The smallest absolute Gasteiger partial charge is 0.218 e. The molecule has 4 aliphatic heterocycles. The number of rotatable bonds is 17. The maximum atomic E-state index is 12.7. The first-order chi connectivity index (χ1) is 35.9. The minimum Gasteiger partial charge on any atom is -0.497 e. The quantitative estimate of drug-likeness (QED) is 0.0801. The van der Waals surface area contributed by atoms with Crippen molar-refractivity contribution in [1.29, 1.82) is 0 Å². The Balaban J connectivity index is 0.971. The van der Waals surface area contributed by atoms with Crippen LogP contribution in [-0.4, -0.2) is 102 Å². The van der Waals surface area contributed by atoms with Gasteiger partial charge >= 0.3 is 0 Å². The van der Waals surface area contributed by atoms with Crippen LogP contribution in [0.4, 0.5) is 0 Å². The van der Waals surface area contributed by atoms with Gasteiger partial charge in [0.1, 0.15) is 72.7 Å². The number of hydrogen-bond donors (Lipinski definition) is 3. The van der Waals surface area contributed by atoms with E-state index in [1.165, 1.54) is 4.90 Å². The lowest BCUT2D eigenvalue weighted by molar-refractivity contribution is -0.389. The van der Waals surface area contributed by atoms with E-state index in [1.54, 1.807) is 43.5 Å². The first kappa shape index (κ1) is 49.1. The van der Waals surface area contributed by atoms with Crippen LogP contribution in [0.5, 0.6) is 11.5 Å². The lowest BCUT2D eigenvalue weighted by Crippen LogP contribution is -2.69. The molecule has 0 saturated carbocycles. The van der Waals surface area contributed by atoms with Crippen molar-refractivity contribution in [1.82, 2.24) is 4.90 Å². The molecule has 3 unspecified atom stereocenters. The number of nitrogens with zero attached hydrogens (tertiary/aromatic N) is 1. The number of methoxy groups -OCH3 is 1. The predicted octanol–water partition coefficient (Wildman–Crippen LogP) is 8.29. The van der Waals surface area contributed by atoms with Crippen molar-refractivity contribution < 1.29 is 62.7 Å². The molecular weight excluding hydrogens is 931 g/mol. The van der Waals surface area contributed by atoms with Gasteiger partial charge in [0.05, 0.1) is 40.1 Å². The molecule has 4 heterocycles. The van der Waals surface area contributed by atoms with Gasteiger partial charge in [0.15, 0.2) is 12.6 Å². The fourth-order valence-corrected chi connectivity index (χ4v) is 10.3. The zero-order valence-corrected chi connectivity index (χ0v) is 40.2. The van der Waals surface area contributed by atoms with Gasteiger partial charge in [-0.05, 0) is 57.8 Å². The molecule has 3 saturated heterocycles. The second-order valence-electron chi connectivity index (χ2n) is 18.7. The molecule has 3 fully saturated rings. The molecule has 0 aliphatic carbocycles. The fourth-order valence-electron chi connectivity index (χ4n) is 10.3. The summed E-state index contributed by atoms with van der Waals surface area (Å²) in [7, 11) is 1.58. The number of benzene rings is 7. The second-order valence-corrected chi connectivity index (χ2v) is 18.7. The molecule has 7 aromatic rings. The van der Waals surface area contributed by atoms with Crippen molar-refractivity contribution >= 4 is 10.8 Å². The molecule has 378 valence electrons. The molecule has 0 spiro atoms. The Hall–Kier alpha value is -6.08. The van der Waals surface area contributed by atoms with E-state index in [2.05, 4.69) is 18.2 Å². The van der Waals surface area contributed by atoms with Crippen LogP contribution in [0.2, 0.25) is 0 Å². The Morgan fingerprint density at radius 1 is 0.548 bits per heavy atom. The molecule has 11 rings (SSSR count). The summed E-state index contributed by atoms with van der Waals surface area (Å²) >= 11 is 0. The van der Waals surface area contributed by atoms with Gasteiger partial charge in [-0.3, -0.25) is 0 Å². The van der Waals surface area contributed by atoms with Crippen molar-refractivity contribution in [2.45, 2.75) is 99.9 Å². The van der Waals surface area contributed by atoms with Crippen LogP contribution in [0.3, 0.4) is 0 Å². The summed E-state index contributed by atoms with van der Waals surface area (Å²) in [6, 6.07) is 56.4. The fraction of sp³-hybridized carbons (Fsp3) is 0.322. The maximum absolute atomic E-state index is 12.7. The lowest BCUT2D eigenvalue weighted by atomic mass is 9.93. The van der Waals surface area contributed by atoms with Crippen molar-refractivity contribution in [3.8, 4) is 11.5 Å². The van der Waals surface area contributed by atoms with Gasteiger partial charge < -0.3 is 62.7 Å². The molecular formula is C59H59NO13. The standard InChI is InChI=1S/C59H59NO13/c1-64-43-27-29-44(30-28-43)69-58-49(60-55(62)45-23-13-14-24-46(45)56(60)63)53(66-33-38-17-7-3-8-18-38)51(47(70-58)35-65-32-37-15-5-2-6-16-37)73-59-50(61)54(67-34-39-25-26-40-19-11-12-22-42(40)31-39)52-48(71-59)36-68-57(72-52)41-20-9-4-10-21-41/h2-31,47-59,61-63H,32-36H2,1H3/t47-,48-,49-,50+,51-,52-,53-,54-,55?,56?,57?,58-,59+/m1/s1.